The molecule has 1 aromatic rings. The van der Waals surface area contributed by atoms with Crippen molar-refractivity contribution in [3.8, 4) is 5.75 Å². The van der Waals surface area contributed by atoms with Gasteiger partial charge in [-0.1, -0.05) is 47.6 Å². The van der Waals surface area contributed by atoms with Crippen molar-refractivity contribution in [1.82, 2.24) is 0 Å². The number of phenols is 1. The second-order valence-electron chi connectivity index (χ2n) is 8.21. The minimum Gasteiger partial charge on any atom is -0.507 e. The average molecular weight is 303 g/mol. The molecule has 1 heterocycles. The first-order chi connectivity index (χ1) is 10.1. The summed E-state index contributed by atoms with van der Waals surface area (Å²) in [6.07, 6.45) is 3.73. The number of nitrogens with zero attached hydrogens (tertiary/aromatic N) is 1. The molecule has 1 atom stereocenters. The molecule has 0 amide bonds. The van der Waals surface area contributed by atoms with Crippen LogP contribution in [0.5, 0.6) is 5.75 Å². The number of benzene rings is 1. The zero-order chi connectivity index (χ0) is 16.5. The summed E-state index contributed by atoms with van der Waals surface area (Å²) < 4.78 is 5.53. The molecule has 0 aromatic heterocycles. The fourth-order valence-corrected chi connectivity index (χ4v) is 2.60. The van der Waals surface area contributed by atoms with E-state index in [0.717, 1.165) is 30.6 Å². The van der Waals surface area contributed by atoms with E-state index in [0.29, 0.717) is 5.75 Å². The molecule has 3 heteroatoms. The molecule has 0 bridgehead atoms. The number of hydrogen-bond donors (Lipinski definition) is 1. The van der Waals surface area contributed by atoms with Gasteiger partial charge in [0.25, 0.3) is 0 Å². The van der Waals surface area contributed by atoms with Crippen molar-refractivity contribution in [2.24, 2.45) is 4.99 Å². The summed E-state index contributed by atoms with van der Waals surface area (Å²) in [5, 5.41) is 10.7. The minimum absolute atomic E-state index is 0.0279. The van der Waals surface area contributed by atoms with E-state index in [1.54, 1.807) is 6.21 Å². The molecule has 1 aliphatic rings. The van der Waals surface area contributed by atoms with Crippen LogP contribution in [0.1, 0.15) is 71.1 Å². The van der Waals surface area contributed by atoms with E-state index >= 15 is 0 Å². The van der Waals surface area contributed by atoms with Gasteiger partial charge in [-0.3, -0.25) is 4.99 Å². The zero-order valence-corrected chi connectivity index (χ0v) is 14.7. The third kappa shape index (κ3) is 3.89. The summed E-state index contributed by atoms with van der Waals surface area (Å²) in [5.41, 5.74) is 2.88. The first kappa shape index (κ1) is 17.0. The number of aromatic hydroxyl groups is 1. The first-order valence-corrected chi connectivity index (χ1v) is 8.12. The van der Waals surface area contributed by atoms with Crippen molar-refractivity contribution >= 4 is 6.21 Å². The third-order valence-electron chi connectivity index (χ3n) is 4.10. The standard InChI is InChI=1S/C19H29NO2/c1-18(2,3)14-10-13(12-20-16-8-7-9-22-16)17(21)15(11-14)19(4,5)6/h10-12,16,21H,7-9H2,1-6H3. The van der Waals surface area contributed by atoms with E-state index in [2.05, 4.69) is 52.6 Å². The predicted octanol–water partition coefficient (Wildman–Crippen LogP) is 4.54. The van der Waals surface area contributed by atoms with Gasteiger partial charge in [0.1, 0.15) is 12.0 Å². The van der Waals surface area contributed by atoms with Gasteiger partial charge in [-0.15, -0.1) is 0 Å². The normalized spacial score (nSPS) is 20.0. The Morgan fingerprint density at radius 1 is 1.14 bits per heavy atom. The molecule has 3 nitrogen and oxygen atoms in total. The highest BCUT2D eigenvalue weighted by molar-refractivity contribution is 5.85. The predicted molar refractivity (Wildman–Crippen MR) is 92.1 cm³/mol. The van der Waals surface area contributed by atoms with Crippen LogP contribution in [0.4, 0.5) is 0 Å². The molecule has 1 N–H and O–H groups in total. The second kappa shape index (κ2) is 6.04. The monoisotopic (exact) mass is 303 g/mol. The summed E-state index contributed by atoms with van der Waals surface area (Å²) in [4.78, 5) is 4.49. The van der Waals surface area contributed by atoms with E-state index in [1.807, 2.05) is 6.07 Å². The Morgan fingerprint density at radius 3 is 2.32 bits per heavy atom. The summed E-state index contributed by atoms with van der Waals surface area (Å²) in [6.45, 7) is 13.7. The Balaban J connectivity index is 2.47. The zero-order valence-electron chi connectivity index (χ0n) is 14.7. The number of ether oxygens (including phenoxy) is 1. The Morgan fingerprint density at radius 2 is 1.82 bits per heavy atom. The van der Waals surface area contributed by atoms with Crippen molar-refractivity contribution in [2.75, 3.05) is 6.61 Å². The summed E-state index contributed by atoms with van der Waals surface area (Å²) in [7, 11) is 0. The lowest BCUT2D eigenvalue weighted by molar-refractivity contribution is 0.118. The molecule has 1 aliphatic heterocycles. The number of phenolic OH excluding ortho intramolecular Hbond substituents is 1. The lowest BCUT2D eigenvalue weighted by Gasteiger charge is -2.27. The van der Waals surface area contributed by atoms with Crippen molar-refractivity contribution in [3.05, 3.63) is 28.8 Å². The van der Waals surface area contributed by atoms with Crippen LogP contribution in [0.2, 0.25) is 0 Å². The van der Waals surface area contributed by atoms with E-state index in [-0.39, 0.29) is 17.1 Å². The van der Waals surface area contributed by atoms with Crippen LogP contribution in [-0.2, 0) is 15.6 Å². The van der Waals surface area contributed by atoms with Gasteiger partial charge in [-0.2, -0.15) is 0 Å². The SMILES string of the molecule is CC(C)(C)c1cc(C=NC2CCCO2)c(O)c(C(C)(C)C)c1. The Labute approximate surface area is 134 Å². The summed E-state index contributed by atoms with van der Waals surface area (Å²) in [6, 6.07) is 4.17. The van der Waals surface area contributed by atoms with Crippen molar-refractivity contribution in [2.45, 2.75) is 71.4 Å². The van der Waals surface area contributed by atoms with Gasteiger partial charge in [-0.25, -0.2) is 0 Å². The van der Waals surface area contributed by atoms with Crippen LogP contribution >= 0.6 is 0 Å². The van der Waals surface area contributed by atoms with Crippen LogP contribution in [0.25, 0.3) is 0 Å². The molecule has 0 aliphatic carbocycles. The molecule has 1 saturated heterocycles. The van der Waals surface area contributed by atoms with Gasteiger partial charge in [0.15, 0.2) is 0 Å². The maximum atomic E-state index is 10.7. The molecule has 1 fully saturated rings. The Hall–Kier alpha value is -1.35. The van der Waals surface area contributed by atoms with E-state index in [9.17, 15) is 5.11 Å². The van der Waals surface area contributed by atoms with Crippen LogP contribution in [0.3, 0.4) is 0 Å². The van der Waals surface area contributed by atoms with Crippen LogP contribution in [-0.4, -0.2) is 24.2 Å². The van der Waals surface area contributed by atoms with Crippen LogP contribution < -0.4 is 0 Å². The Kier molecular flexibility index (Phi) is 4.67. The highest BCUT2D eigenvalue weighted by Gasteiger charge is 2.24. The van der Waals surface area contributed by atoms with Crippen molar-refractivity contribution in [1.29, 1.82) is 0 Å². The van der Waals surface area contributed by atoms with Crippen molar-refractivity contribution < 1.29 is 9.84 Å². The van der Waals surface area contributed by atoms with Crippen LogP contribution in [0, 0.1) is 0 Å². The molecule has 0 saturated carbocycles. The van der Waals surface area contributed by atoms with E-state index in [1.165, 1.54) is 5.56 Å². The van der Waals surface area contributed by atoms with E-state index in [4.69, 9.17) is 4.74 Å². The van der Waals surface area contributed by atoms with Crippen LogP contribution in [0.15, 0.2) is 17.1 Å². The third-order valence-corrected chi connectivity index (χ3v) is 4.10. The highest BCUT2D eigenvalue weighted by Crippen LogP contribution is 2.37. The van der Waals surface area contributed by atoms with Gasteiger partial charge in [0.2, 0.25) is 0 Å². The molecule has 1 unspecified atom stereocenters. The maximum absolute atomic E-state index is 10.7. The van der Waals surface area contributed by atoms with E-state index < -0.39 is 0 Å². The number of aliphatic imine (C=N–C) groups is 1. The number of hydrogen-bond acceptors (Lipinski definition) is 3. The quantitative estimate of drug-likeness (QED) is 0.815. The van der Waals surface area contributed by atoms with Gasteiger partial charge in [0.05, 0.1) is 0 Å². The second-order valence-corrected chi connectivity index (χ2v) is 8.21. The van der Waals surface area contributed by atoms with Crippen molar-refractivity contribution in [3.63, 3.8) is 0 Å². The lowest BCUT2D eigenvalue weighted by Crippen LogP contribution is -2.17. The highest BCUT2D eigenvalue weighted by atomic mass is 16.5. The van der Waals surface area contributed by atoms with Gasteiger partial charge >= 0.3 is 0 Å². The van der Waals surface area contributed by atoms with Gasteiger partial charge in [-0.05, 0) is 35.3 Å². The average Bonchev–Trinajstić information content (AvgIpc) is 2.87. The van der Waals surface area contributed by atoms with Gasteiger partial charge < -0.3 is 9.84 Å². The minimum atomic E-state index is -0.113. The Bertz CT molecular complexity index is 556. The first-order valence-electron chi connectivity index (χ1n) is 8.12. The lowest BCUT2D eigenvalue weighted by atomic mass is 9.79. The topological polar surface area (TPSA) is 41.8 Å². The molecular formula is C19H29NO2. The fraction of sp³-hybridized carbons (Fsp3) is 0.632. The molecule has 2 rings (SSSR count). The largest absolute Gasteiger partial charge is 0.507 e. The molecule has 0 spiro atoms. The van der Waals surface area contributed by atoms with Gasteiger partial charge in [0, 0.05) is 23.9 Å². The summed E-state index contributed by atoms with van der Waals surface area (Å²) in [5.74, 6) is 0.335. The number of rotatable bonds is 2. The summed E-state index contributed by atoms with van der Waals surface area (Å²) >= 11 is 0. The molecule has 122 valence electrons. The fourth-order valence-electron chi connectivity index (χ4n) is 2.60. The molecular weight excluding hydrogens is 274 g/mol. The molecule has 0 radical (unpaired) electrons. The molecule has 22 heavy (non-hydrogen) atoms. The smallest absolute Gasteiger partial charge is 0.148 e. The molecule has 1 aromatic carbocycles. The maximum Gasteiger partial charge on any atom is 0.148 e.